The summed E-state index contributed by atoms with van der Waals surface area (Å²) >= 11 is 0. The number of hydrogen-bond donors (Lipinski definition) is 2. The highest BCUT2D eigenvalue weighted by molar-refractivity contribution is 4.90. The van der Waals surface area contributed by atoms with Crippen molar-refractivity contribution < 1.29 is 5.11 Å². The van der Waals surface area contributed by atoms with E-state index in [0.717, 1.165) is 18.9 Å². The van der Waals surface area contributed by atoms with Gasteiger partial charge in [0.05, 0.1) is 5.60 Å². The van der Waals surface area contributed by atoms with Crippen LogP contribution in [0.25, 0.3) is 0 Å². The van der Waals surface area contributed by atoms with Gasteiger partial charge in [-0.1, -0.05) is 20.8 Å². The van der Waals surface area contributed by atoms with Gasteiger partial charge in [-0.2, -0.15) is 0 Å². The van der Waals surface area contributed by atoms with Crippen molar-refractivity contribution in [1.29, 1.82) is 0 Å². The van der Waals surface area contributed by atoms with E-state index in [9.17, 15) is 5.11 Å². The first-order valence-electron chi connectivity index (χ1n) is 5.92. The van der Waals surface area contributed by atoms with E-state index in [1.54, 1.807) is 0 Å². The quantitative estimate of drug-likeness (QED) is 0.687. The van der Waals surface area contributed by atoms with Crippen LogP contribution >= 0.6 is 0 Å². The first-order chi connectivity index (χ1) is 6.46. The van der Waals surface area contributed by atoms with E-state index >= 15 is 0 Å². The molecule has 0 bridgehead atoms. The zero-order valence-corrected chi connectivity index (χ0v) is 10.0. The minimum Gasteiger partial charge on any atom is -0.389 e. The van der Waals surface area contributed by atoms with Gasteiger partial charge >= 0.3 is 0 Å². The van der Waals surface area contributed by atoms with Crippen LogP contribution in [0.15, 0.2) is 0 Å². The Balaban J connectivity index is 2.33. The second kappa shape index (κ2) is 4.63. The standard InChI is InChI=1S/C12H25NO/c1-5-12(4,14)8-13-11(9(2)3)10-6-7-10/h9-11,13-14H,5-8H2,1-4H3. The molecule has 84 valence electrons. The molecular weight excluding hydrogens is 174 g/mol. The lowest BCUT2D eigenvalue weighted by molar-refractivity contribution is 0.0500. The van der Waals surface area contributed by atoms with Crippen molar-refractivity contribution in [3.63, 3.8) is 0 Å². The molecule has 0 saturated heterocycles. The van der Waals surface area contributed by atoms with Crippen molar-refractivity contribution in [3.05, 3.63) is 0 Å². The fourth-order valence-corrected chi connectivity index (χ4v) is 1.86. The van der Waals surface area contributed by atoms with Crippen LogP contribution in [0.5, 0.6) is 0 Å². The fourth-order valence-electron chi connectivity index (χ4n) is 1.86. The minimum absolute atomic E-state index is 0.540. The summed E-state index contributed by atoms with van der Waals surface area (Å²) < 4.78 is 0. The van der Waals surface area contributed by atoms with Gasteiger partial charge in [-0.3, -0.25) is 0 Å². The van der Waals surface area contributed by atoms with Gasteiger partial charge in [-0.25, -0.2) is 0 Å². The first kappa shape index (κ1) is 12.0. The van der Waals surface area contributed by atoms with Crippen molar-refractivity contribution in [1.82, 2.24) is 5.32 Å². The molecule has 1 fully saturated rings. The van der Waals surface area contributed by atoms with Crippen LogP contribution in [0.1, 0.15) is 47.0 Å². The Morgan fingerprint density at radius 1 is 1.43 bits per heavy atom. The molecule has 1 aliphatic rings. The van der Waals surface area contributed by atoms with E-state index in [4.69, 9.17) is 0 Å². The molecule has 2 atom stereocenters. The summed E-state index contributed by atoms with van der Waals surface area (Å²) in [6.45, 7) is 9.18. The highest BCUT2D eigenvalue weighted by atomic mass is 16.3. The SMILES string of the molecule is CCC(C)(O)CNC(C(C)C)C1CC1. The van der Waals surface area contributed by atoms with Crippen molar-refractivity contribution >= 4 is 0 Å². The maximum absolute atomic E-state index is 9.89. The van der Waals surface area contributed by atoms with Crippen LogP contribution in [0.2, 0.25) is 0 Å². The van der Waals surface area contributed by atoms with E-state index in [1.165, 1.54) is 12.8 Å². The Bertz CT molecular complexity index is 171. The van der Waals surface area contributed by atoms with Crippen LogP contribution in [0.4, 0.5) is 0 Å². The average Bonchev–Trinajstić information content (AvgIpc) is 2.88. The number of rotatable bonds is 6. The number of hydrogen-bond acceptors (Lipinski definition) is 2. The molecule has 2 heteroatoms. The van der Waals surface area contributed by atoms with Gasteiger partial charge < -0.3 is 10.4 Å². The average molecular weight is 199 g/mol. The molecule has 0 spiro atoms. The molecule has 2 nitrogen and oxygen atoms in total. The molecule has 14 heavy (non-hydrogen) atoms. The second-order valence-electron chi connectivity index (χ2n) is 5.34. The van der Waals surface area contributed by atoms with Crippen LogP contribution < -0.4 is 5.32 Å². The van der Waals surface area contributed by atoms with Crippen LogP contribution in [-0.2, 0) is 0 Å². The van der Waals surface area contributed by atoms with Gasteiger partial charge in [-0.15, -0.1) is 0 Å². The van der Waals surface area contributed by atoms with Gasteiger partial charge in [0.25, 0.3) is 0 Å². The normalized spacial score (nSPS) is 23.6. The lowest BCUT2D eigenvalue weighted by Gasteiger charge is -2.28. The van der Waals surface area contributed by atoms with Crippen molar-refractivity contribution in [2.75, 3.05) is 6.54 Å². The number of aliphatic hydroxyl groups is 1. The third-order valence-electron chi connectivity index (χ3n) is 3.33. The highest BCUT2D eigenvalue weighted by Gasteiger charge is 2.33. The van der Waals surface area contributed by atoms with E-state index in [1.807, 2.05) is 13.8 Å². The maximum atomic E-state index is 9.89. The Morgan fingerprint density at radius 2 is 2.00 bits per heavy atom. The summed E-state index contributed by atoms with van der Waals surface area (Å²) in [4.78, 5) is 0. The molecular formula is C12H25NO. The topological polar surface area (TPSA) is 32.3 Å². The summed E-state index contributed by atoms with van der Waals surface area (Å²) in [6.07, 6.45) is 3.55. The van der Waals surface area contributed by atoms with Crippen LogP contribution in [0, 0.1) is 11.8 Å². The van der Waals surface area contributed by atoms with Gasteiger partial charge in [0, 0.05) is 12.6 Å². The largest absolute Gasteiger partial charge is 0.389 e. The molecule has 1 saturated carbocycles. The Hall–Kier alpha value is -0.0800. The molecule has 0 aromatic heterocycles. The smallest absolute Gasteiger partial charge is 0.0741 e. The summed E-state index contributed by atoms with van der Waals surface area (Å²) in [5.74, 6) is 1.54. The van der Waals surface area contributed by atoms with Gasteiger partial charge in [-0.05, 0) is 38.0 Å². The molecule has 1 aliphatic carbocycles. The van der Waals surface area contributed by atoms with Crippen LogP contribution in [0.3, 0.4) is 0 Å². The Morgan fingerprint density at radius 3 is 2.36 bits per heavy atom. The zero-order chi connectivity index (χ0) is 10.8. The molecule has 0 radical (unpaired) electrons. The molecule has 0 aromatic carbocycles. The summed E-state index contributed by atoms with van der Waals surface area (Å²) in [5.41, 5.74) is -0.540. The summed E-state index contributed by atoms with van der Waals surface area (Å²) in [6, 6.07) is 0.605. The molecule has 0 aliphatic heterocycles. The summed E-state index contributed by atoms with van der Waals surface area (Å²) in [5, 5.41) is 13.4. The second-order valence-corrected chi connectivity index (χ2v) is 5.34. The predicted molar refractivity (Wildman–Crippen MR) is 60.3 cm³/mol. The van der Waals surface area contributed by atoms with E-state index in [2.05, 4.69) is 19.2 Å². The van der Waals surface area contributed by atoms with Gasteiger partial charge in [0.2, 0.25) is 0 Å². The van der Waals surface area contributed by atoms with Gasteiger partial charge in [0.15, 0.2) is 0 Å². The highest BCUT2D eigenvalue weighted by Crippen LogP contribution is 2.35. The molecule has 0 amide bonds. The number of nitrogens with one attached hydrogen (secondary N) is 1. The van der Waals surface area contributed by atoms with Crippen molar-refractivity contribution in [2.24, 2.45) is 11.8 Å². The third kappa shape index (κ3) is 3.58. The molecule has 0 aromatic rings. The van der Waals surface area contributed by atoms with Crippen molar-refractivity contribution in [2.45, 2.75) is 58.6 Å². The predicted octanol–water partition coefficient (Wildman–Crippen LogP) is 2.17. The molecule has 2 unspecified atom stereocenters. The third-order valence-corrected chi connectivity index (χ3v) is 3.33. The van der Waals surface area contributed by atoms with Crippen LogP contribution in [-0.4, -0.2) is 23.3 Å². The Kier molecular flexibility index (Phi) is 3.96. The molecule has 2 N–H and O–H groups in total. The first-order valence-corrected chi connectivity index (χ1v) is 5.92. The zero-order valence-electron chi connectivity index (χ0n) is 10.0. The lowest BCUT2D eigenvalue weighted by atomic mass is 9.97. The maximum Gasteiger partial charge on any atom is 0.0741 e. The van der Waals surface area contributed by atoms with E-state index in [0.29, 0.717) is 12.0 Å². The van der Waals surface area contributed by atoms with E-state index in [-0.39, 0.29) is 0 Å². The van der Waals surface area contributed by atoms with Crippen molar-refractivity contribution in [3.8, 4) is 0 Å². The fraction of sp³-hybridized carbons (Fsp3) is 1.00. The Labute approximate surface area is 88.1 Å². The van der Waals surface area contributed by atoms with E-state index < -0.39 is 5.60 Å². The monoisotopic (exact) mass is 199 g/mol. The van der Waals surface area contributed by atoms with Gasteiger partial charge in [0.1, 0.15) is 0 Å². The summed E-state index contributed by atoms with van der Waals surface area (Å²) in [7, 11) is 0. The minimum atomic E-state index is -0.540. The molecule has 0 heterocycles. The molecule has 1 rings (SSSR count). The lowest BCUT2D eigenvalue weighted by Crippen LogP contribution is -2.45.